The Kier molecular flexibility index (Phi) is 8.00. The third kappa shape index (κ3) is 5.39. The van der Waals surface area contributed by atoms with Crippen LogP contribution in [0.4, 0.5) is 0 Å². The molecule has 0 bridgehead atoms. The summed E-state index contributed by atoms with van der Waals surface area (Å²) in [4.78, 5) is 26.6. The molecule has 158 valence electrons. The molecule has 30 heavy (non-hydrogen) atoms. The van der Waals surface area contributed by atoms with E-state index in [9.17, 15) is 20.1 Å². The minimum absolute atomic E-state index is 0.214. The maximum absolute atomic E-state index is 12.8. The van der Waals surface area contributed by atoms with Gasteiger partial charge in [-0.3, -0.25) is 4.79 Å². The Morgan fingerprint density at radius 2 is 1.83 bits per heavy atom. The second kappa shape index (κ2) is 10.5. The number of carbonyl (C=O) groups excluding carboxylic acids is 2. The minimum atomic E-state index is -1.10. The Morgan fingerprint density at radius 1 is 1.20 bits per heavy atom. The zero-order valence-corrected chi connectivity index (χ0v) is 17.7. The molecule has 0 aromatic heterocycles. The maximum atomic E-state index is 12.8. The molecule has 1 amide bonds. The van der Waals surface area contributed by atoms with Crippen molar-refractivity contribution >= 4 is 18.0 Å². The molecule has 1 aromatic rings. The highest BCUT2D eigenvalue weighted by molar-refractivity contribution is 5.99. The first-order valence-corrected chi connectivity index (χ1v) is 10.1. The summed E-state index contributed by atoms with van der Waals surface area (Å²) >= 11 is 0. The van der Waals surface area contributed by atoms with Gasteiger partial charge >= 0.3 is 5.97 Å². The number of carbonyl (C=O) groups is 2. The molecule has 7 nitrogen and oxygen atoms in total. The smallest absolute Gasteiger partial charge is 0.349 e. The number of amides is 1. The van der Waals surface area contributed by atoms with Crippen LogP contribution in [-0.2, 0) is 14.3 Å². The average Bonchev–Trinajstić information content (AvgIpc) is 2.77. The van der Waals surface area contributed by atoms with Crippen LogP contribution in [-0.4, -0.2) is 42.1 Å². The lowest BCUT2D eigenvalue weighted by atomic mass is 9.81. The van der Waals surface area contributed by atoms with E-state index in [4.69, 9.17) is 9.47 Å². The molecule has 7 heteroatoms. The van der Waals surface area contributed by atoms with E-state index in [1.54, 1.807) is 31.3 Å². The molecule has 1 aliphatic rings. The third-order valence-electron chi connectivity index (χ3n) is 5.34. The van der Waals surface area contributed by atoms with Crippen LogP contribution in [0.25, 0.3) is 6.08 Å². The summed E-state index contributed by atoms with van der Waals surface area (Å²) in [5.74, 6) is -0.646. The Labute approximate surface area is 177 Å². The highest BCUT2D eigenvalue weighted by Crippen LogP contribution is 2.33. The lowest BCUT2D eigenvalue weighted by Crippen LogP contribution is -2.53. The van der Waals surface area contributed by atoms with Crippen LogP contribution in [0.3, 0.4) is 0 Å². The van der Waals surface area contributed by atoms with E-state index in [2.05, 4.69) is 6.07 Å². The molecule has 1 fully saturated rings. The molecule has 1 aromatic carbocycles. The number of benzene rings is 1. The van der Waals surface area contributed by atoms with Gasteiger partial charge < -0.3 is 14.4 Å². The number of ether oxygens (including phenoxy) is 2. The van der Waals surface area contributed by atoms with E-state index < -0.39 is 23.5 Å². The molecule has 0 aliphatic heterocycles. The van der Waals surface area contributed by atoms with Crippen LogP contribution in [0.2, 0.25) is 0 Å². The second-order valence-corrected chi connectivity index (χ2v) is 7.32. The normalized spacial score (nSPS) is 16.5. The molecule has 0 radical (unpaired) electrons. The Hall–Kier alpha value is -3.32. The molecule has 1 atom stereocenters. The van der Waals surface area contributed by atoms with E-state index in [0.29, 0.717) is 30.8 Å². The van der Waals surface area contributed by atoms with E-state index >= 15 is 0 Å². The summed E-state index contributed by atoms with van der Waals surface area (Å²) in [6.45, 7) is 3.87. The average molecular weight is 409 g/mol. The first-order valence-electron chi connectivity index (χ1n) is 10.1. The molecule has 1 saturated carbocycles. The predicted octanol–water partition coefficient (Wildman–Crippen LogP) is 3.61. The van der Waals surface area contributed by atoms with E-state index in [1.165, 1.54) is 17.9 Å². The summed E-state index contributed by atoms with van der Waals surface area (Å²) in [5.41, 5.74) is -0.450. The first kappa shape index (κ1) is 23.0. The topological polar surface area (TPSA) is 103 Å². The standard InChI is InChI=1S/C23H27N3O4/c1-4-29-20-10-8-18(9-11-20)14-19(15-24)22(28)30-17(2)21(27)26(3)23(16-25)12-6-5-7-13-23/h8-11,14,17H,4-7,12-13H2,1-3H3/b19-14+/t17-/m0/s1. The molecule has 0 heterocycles. The number of likely N-dealkylation sites (N-methyl/N-ethyl adjacent to an activating group) is 1. The summed E-state index contributed by atoms with van der Waals surface area (Å²) in [6.07, 6.45) is 4.30. The number of nitrogens with zero attached hydrogens (tertiary/aromatic N) is 3. The summed E-state index contributed by atoms with van der Waals surface area (Å²) in [5, 5.41) is 19.0. The summed E-state index contributed by atoms with van der Waals surface area (Å²) < 4.78 is 10.6. The molecular formula is C23H27N3O4. The molecule has 0 unspecified atom stereocenters. The fourth-order valence-corrected chi connectivity index (χ4v) is 3.55. The van der Waals surface area contributed by atoms with Gasteiger partial charge in [0.1, 0.15) is 22.9 Å². The summed E-state index contributed by atoms with van der Waals surface area (Å²) in [6, 6.07) is 11.0. The van der Waals surface area contributed by atoms with Gasteiger partial charge in [-0.2, -0.15) is 10.5 Å². The number of rotatable bonds is 7. The largest absolute Gasteiger partial charge is 0.494 e. The Morgan fingerprint density at radius 3 is 2.37 bits per heavy atom. The van der Waals surface area contributed by atoms with Gasteiger partial charge in [-0.25, -0.2) is 4.79 Å². The quantitative estimate of drug-likeness (QED) is 0.387. The monoisotopic (exact) mass is 409 g/mol. The van der Waals surface area contributed by atoms with Gasteiger partial charge in [0.15, 0.2) is 6.10 Å². The maximum Gasteiger partial charge on any atom is 0.349 e. The van der Waals surface area contributed by atoms with Gasteiger partial charge in [0.05, 0.1) is 12.7 Å². The Balaban J connectivity index is 2.07. The van der Waals surface area contributed by atoms with Gasteiger partial charge in [0.2, 0.25) is 0 Å². The SMILES string of the molecule is CCOc1ccc(/C=C(\C#N)C(=O)O[C@@H](C)C(=O)N(C)C2(C#N)CCCCC2)cc1. The van der Waals surface area contributed by atoms with Crippen molar-refractivity contribution in [2.75, 3.05) is 13.7 Å². The van der Waals surface area contributed by atoms with Crippen molar-refractivity contribution < 1.29 is 19.1 Å². The van der Waals surface area contributed by atoms with Crippen molar-refractivity contribution in [3.05, 3.63) is 35.4 Å². The molecule has 0 spiro atoms. The van der Waals surface area contributed by atoms with Crippen LogP contribution < -0.4 is 4.74 Å². The molecule has 0 saturated heterocycles. The predicted molar refractivity (Wildman–Crippen MR) is 111 cm³/mol. The summed E-state index contributed by atoms with van der Waals surface area (Å²) in [7, 11) is 1.57. The van der Waals surface area contributed by atoms with Crippen LogP contribution >= 0.6 is 0 Å². The number of hydrogen-bond donors (Lipinski definition) is 0. The van der Waals surface area contributed by atoms with Crippen molar-refractivity contribution in [3.8, 4) is 17.9 Å². The zero-order chi connectivity index (χ0) is 22.1. The van der Waals surface area contributed by atoms with Crippen molar-refractivity contribution in [2.24, 2.45) is 0 Å². The second-order valence-electron chi connectivity index (χ2n) is 7.32. The number of esters is 1. The molecule has 1 aliphatic carbocycles. The van der Waals surface area contributed by atoms with Crippen LogP contribution in [0.1, 0.15) is 51.5 Å². The van der Waals surface area contributed by atoms with E-state index in [1.807, 2.05) is 13.0 Å². The molecule has 2 rings (SSSR count). The third-order valence-corrected chi connectivity index (χ3v) is 5.34. The lowest BCUT2D eigenvalue weighted by Gasteiger charge is -2.39. The van der Waals surface area contributed by atoms with Crippen LogP contribution in [0.5, 0.6) is 5.75 Å². The molecule has 0 N–H and O–H groups in total. The van der Waals surface area contributed by atoms with Gasteiger partial charge in [0, 0.05) is 7.05 Å². The minimum Gasteiger partial charge on any atom is -0.494 e. The fraction of sp³-hybridized carbons (Fsp3) is 0.478. The Bertz CT molecular complexity index is 871. The number of hydrogen-bond acceptors (Lipinski definition) is 6. The fourth-order valence-electron chi connectivity index (χ4n) is 3.55. The zero-order valence-electron chi connectivity index (χ0n) is 17.7. The first-order chi connectivity index (χ1) is 14.4. The van der Waals surface area contributed by atoms with Crippen LogP contribution in [0, 0.1) is 22.7 Å². The lowest BCUT2D eigenvalue weighted by molar-refractivity contribution is -0.157. The van der Waals surface area contributed by atoms with Gasteiger partial charge in [-0.05, 0) is 50.5 Å². The van der Waals surface area contributed by atoms with Gasteiger partial charge in [-0.15, -0.1) is 0 Å². The van der Waals surface area contributed by atoms with Crippen molar-refractivity contribution in [1.29, 1.82) is 10.5 Å². The van der Waals surface area contributed by atoms with E-state index in [-0.39, 0.29) is 5.57 Å². The van der Waals surface area contributed by atoms with Crippen LogP contribution in [0.15, 0.2) is 29.8 Å². The van der Waals surface area contributed by atoms with Gasteiger partial charge in [-0.1, -0.05) is 31.4 Å². The molecular weight excluding hydrogens is 382 g/mol. The van der Waals surface area contributed by atoms with Crippen molar-refractivity contribution in [1.82, 2.24) is 4.90 Å². The number of nitriles is 2. The van der Waals surface area contributed by atoms with Crippen molar-refractivity contribution in [3.63, 3.8) is 0 Å². The van der Waals surface area contributed by atoms with Gasteiger partial charge in [0.25, 0.3) is 5.91 Å². The highest BCUT2D eigenvalue weighted by atomic mass is 16.5. The van der Waals surface area contributed by atoms with E-state index in [0.717, 1.165) is 19.3 Å². The highest BCUT2D eigenvalue weighted by Gasteiger charge is 2.40. The van der Waals surface area contributed by atoms with Crippen molar-refractivity contribution in [2.45, 2.75) is 57.6 Å².